The molecule has 7 heteroatoms. The molecule has 1 atom stereocenters. The molecule has 3 rings (SSSR count). The Kier molecular flexibility index (Phi) is 4.88. The van der Waals surface area contributed by atoms with Gasteiger partial charge >= 0.3 is 0 Å². The quantitative estimate of drug-likeness (QED) is 0.875. The number of hydrogen-bond donors (Lipinski definition) is 1. The summed E-state index contributed by atoms with van der Waals surface area (Å²) in [7, 11) is 3.69. The molecule has 1 fully saturated rings. The van der Waals surface area contributed by atoms with Crippen molar-refractivity contribution in [3.63, 3.8) is 0 Å². The fourth-order valence-electron chi connectivity index (χ4n) is 2.74. The van der Waals surface area contributed by atoms with Crippen LogP contribution in [0.15, 0.2) is 12.3 Å². The van der Waals surface area contributed by atoms with Crippen LogP contribution in [-0.4, -0.2) is 47.5 Å². The van der Waals surface area contributed by atoms with Crippen molar-refractivity contribution in [1.82, 2.24) is 20.2 Å². The fraction of sp³-hybridized carbons (Fsp3) is 0.562. The first kappa shape index (κ1) is 15.9. The van der Waals surface area contributed by atoms with Gasteiger partial charge in [0.25, 0.3) is 0 Å². The van der Waals surface area contributed by atoms with Crippen LogP contribution in [0.25, 0.3) is 0 Å². The second-order valence-electron chi connectivity index (χ2n) is 5.94. The van der Waals surface area contributed by atoms with Crippen molar-refractivity contribution in [2.45, 2.75) is 32.4 Å². The molecule has 1 aliphatic heterocycles. The van der Waals surface area contributed by atoms with E-state index >= 15 is 0 Å². The lowest BCUT2D eigenvalue weighted by Gasteiger charge is -2.20. The van der Waals surface area contributed by atoms with Crippen molar-refractivity contribution in [3.8, 4) is 0 Å². The van der Waals surface area contributed by atoms with Crippen molar-refractivity contribution in [2.24, 2.45) is 0 Å². The molecule has 0 aliphatic carbocycles. The van der Waals surface area contributed by atoms with Crippen molar-refractivity contribution in [3.05, 3.63) is 35.0 Å². The summed E-state index contributed by atoms with van der Waals surface area (Å²) in [6.45, 7) is 4.70. The minimum Gasteiger partial charge on any atom is -0.381 e. The van der Waals surface area contributed by atoms with Crippen LogP contribution in [0.4, 0.5) is 5.82 Å². The van der Waals surface area contributed by atoms with Gasteiger partial charge in [-0.1, -0.05) is 0 Å². The highest BCUT2D eigenvalue weighted by atomic mass is 16.5. The largest absolute Gasteiger partial charge is 0.381 e. The monoisotopic (exact) mass is 317 g/mol. The molecule has 1 saturated heterocycles. The van der Waals surface area contributed by atoms with E-state index in [0.717, 1.165) is 48.9 Å². The lowest BCUT2D eigenvalue weighted by molar-refractivity contribution is 0.177. The molecule has 1 N–H and O–H groups in total. The van der Waals surface area contributed by atoms with Gasteiger partial charge in [0.2, 0.25) is 0 Å². The van der Waals surface area contributed by atoms with Gasteiger partial charge in [-0.15, -0.1) is 0 Å². The van der Waals surface area contributed by atoms with E-state index in [9.17, 15) is 0 Å². The van der Waals surface area contributed by atoms with Crippen molar-refractivity contribution in [1.29, 1.82) is 0 Å². The van der Waals surface area contributed by atoms with Crippen LogP contribution in [0.5, 0.6) is 0 Å². The lowest BCUT2D eigenvalue weighted by atomic mass is 10.0. The maximum atomic E-state index is 5.49. The van der Waals surface area contributed by atoms with E-state index in [0.29, 0.717) is 18.3 Å². The predicted octanol–water partition coefficient (Wildman–Crippen LogP) is 1.79. The molecule has 0 radical (unpaired) electrons. The number of methoxy groups -OCH3 is 1. The molecule has 0 spiro atoms. The summed E-state index contributed by atoms with van der Waals surface area (Å²) in [5, 5.41) is 7.04. The maximum Gasteiger partial charge on any atom is 0.156 e. The number of aryl methyl sites for hydroxylation is 1. The summed E-state index contributed by atoms with van der Waals surface area (Å²) >= 11 is 0. The number of nitrogens with one attached hydrogen (secondary N) is 1. The van der Waals surface area contributed by atoms with E-state index in [1.165, 1.54) is 0 Å². The third kappa shape index (κ3) is 3.68. The maximum absolute atomic E-state index is 5.49. The number of H-pyrrole nitrogens is 1. The smallest absolute Gasteiger partial charge is 0.156 e. The summed E-state index contributed by atoms with van der Waals surface area (Å²) in [6.07, 6.45) is 2.86. The van der Waals surface area contributed by atoms with Crippen LogP contribution in [-0.2, 0) is 22.6 Å². The number of ether oxygens (including phenoxy) is 2. The third-order valence-corrected chi connectivity index (χ3v) is 4.13. The Morgan fingerprint density at radius 1 is 1.43 bits per heavy atom. The Morgan fingerprint density at radius 2 is 2.30 bits per heavy atom. The van der Waals surface area contributed by atoms with Crippen LogP contribution >= 0.6 is 0 Å². The SMILES string of the molecule is COCc1nc([C@@H]2CCOC2)cc(N(C)Cc2cn[nH]c2C)n1. The standard InChI is InChI=1S/C16H23N5O2/c1-11-13(7-17-20-11)8-21(2)16-6-14(12-4-5-23-9-12)18-15(19-16)10-22-3/h6-7,12H,4-5,8-10H2,1-3H3,(H,17,20)/t12-/m1/s1. The minimum atomic E-state index is 0.344. The van der Waals surface area contributed by atoms with E-state index in [4.69, 9.17) is 9.47 Å². The molecule has 23 heavy (non-hydrogen) atoms. The zero-order valence-corrected chi connectivity index (χ0v) is 13.9. The van der Waals surface area contributed by atoms with Crippen LogP contribution < -0.4 is 4.90 Å². The van der Waals surface area contributed by atoms with Crippen LogP contribution in [0.1, 0.15) is 35.1 Å². The number of hydrogen-bond acceptors (Lipinski definition) is 6. The fourth-order valence-corrected chi connectivity index (χ4v) is 2.74. The van der Waals surface area contributed by atoms with Crippen LogP contribution in [0, 0.1) is 6.92 Å². The Balaban J connectivity index is 1.85. The van der Waals surface area contributed by atoms with Gasteiger partial charge in [-0.2, -0.15) is 5.10 Å². The number of nitrogens with zero attached hydrogens (tertiary/aromatic N) is 4. The van der Waals surface area contributed by atoms with Gasteiger partial charge < -0.3 is 14.4 Å². The highest BCUT2D eigenvalue weighted by Gasteiger charge is 2.21. The number of rotatable bonds is 6. The molecule has 2 aromatic heterocycles. The summed E-state index contributed by atoms with van der Waals surface area (Å²) < 4.78 is 10.7. The van der Waals surface area contributed by atoms with E-state index in [2.05, 4.69) is 31.1 Å². The topological polar surface area (TPSA) is 76.2 Å². The Bertz CT molecular complexity index is 652. The van der Waals surface area contributed by atoms with E-state index < -0.39 is 0 Å². The second kappa shape index (κ2) is 7.06. The highest BCUT2D eigenvalue weighted by Crippen LogP contribution is 2.26. The zero-order chi connectivity index (χ0) is 16.2. The average Bonchev–Trinajstić information content (AvgIpc) is 3.20. The van der Waals surface area contributed by atoms with Gasteiger partial charge in [-0.3, -0.25) is 5.10 Å². The Morgan fingerprint density at radius 3 is 2.96 bits per heavy atom. The van der Waals surface area contributed by atoms with E-state index in [-0.39, 0.29) is 0 Å². The second-order valence-corrected chi connectivity index (χ2v) is 5.94. The van der Waals surface area contributed by atoms with Gasteiger partial charge in [0.15, 0.2) is 5.82 Å². The van der Waals surface area contributed by atoms with E-state index in [1.807, 2.05) is 20.2 Å². The first-order valence-electron chi connectivity index (χ1n) is 7.82. The van der Waals surface area contributed by atoms with Gasteiger partial charge in [-0.05, 0) is 13.3 Å². The summed E-state index contributed by atoms with van der Waals surface area (Å²) in [4.78, 5) is 11.4. The first-order chi connectivity index (χ1) is 11.2. The molecular weight excluding hydrogens is 294 g/mol. The van der Waals surface area contributed by atoms with Gasteiger partial charge in [0.1, 0.15) is 12.4 Å². The van der Waals surface area contributed by atoms with Crippen LogP contribution in [0.3, 0.4) is 0 Å². The molecule has 124 valence electrons. The van der Waals surface area contributed by atoms with Gasteiger partial charge in [0, 0.05) is 50.6 Å². The van der Waals surface area contributed by atoms with Crippen molar-refractivity contribution < 1.29 is 9.47 Å². The minimum absolute atomic E-state index is 0.344. The first-order valence-corrected chi connectivity index (χ1v) is 7.82. The molecule has 1 aliphatic rings. The molecule has 3 heterocycles. The third-order valence-electron chi connectivity index (χ3n) is 4.13. The lowest BCUT2D eigenvalue weighted by Crippen LogP contribution is -2.20. The Hall–Kier alpha value is -1.99. The summed E-state index contributed by atoms with van der Waals surface area (Å²) in [5.41, 5.74) is 3.27. The summed E-state index contributed by atoms with van der Waals surface area (Å²) in [6, 6.07) is 2.06. The molecule has 0 aromatic carbocycles. The summed E-state index contributed by atoms with van der Waals surface area (Å²) in [5.74, 6) is 1.95. The number of anilines is 1. The zero-order valence-electron chi connectivity index (χ0n) is 13.9. The molecule has 2 aromatic rings. The highest BCUT2D eigenvalue weighted by molar-refractivity contribution is 5.41. The Labute approximate surface area is 136 Å². The molecule has 0 unspecified atom stereocenters. The molecule has 7 nitrogen and oxygen atoms in total. The molecule has 0 bridgehead atoms. The molecule has 0 saturated carbocycles. The van der Waals surface area contributed by atoms with Crippen molar-refractivity contribution >= 4 is 5.82 Å². The molecular formula is C16H23N5O2. The van der Waals surface area contributed by atoms with Gasteiger partial charge in [-0.25, -0.2) is 9.97 Å². The van der Waals surface area contributed by atoms with E-state index in [1.54, 1.807) is 7.11 Å². The normalized spacial score (nSPS) is 17.6. The predicted molar refractivity (Wildman–Crippen MR) is 86.4 cm³/mol. The van der Waals surface area contributed by atoms with Crippen LogP contribution in [0.2, 0.25) is 0 Å². The van der Waals surface area contributed by atoms with Crippen molar-refractivity contribution in [2.75, 3.05) is 32.3 Å². The number of aromatic nitrogens is 4. The average molecular weight is 317 g/mol. The van der Waals surface area contributed by atoms with Gasteiger partial charge in [0.05, 0.1) is 18.5 Å². The number of aromatic amines is 1. The molecule has 0 amide bonds.